The minimum atomic E-state index is -0.450. The quantitative estimate of drug-likeness (QED) is 0.345. The number of benzene rings is 3. The smallest absolute Gasteiger partial charge is 0.343 e. The van der Waals surface area contributed by atoms with E-state index in [2.05, 4.69) is 0 Å². The molecule has 4 rings (SSSR count). The summed E-state index contributed by atoms with van der Waals surface area (Å²) < 4.78 is 11.1. The molecule has 142 valence electrons. The molecular weight excluding hydrogens is 364 g/mol. The number of carbonyl (C=O) groups is 2. The fourth-order valence-corrected chi connectivity index (χ4v) is 3.02. The summed E-state index contributed by atoms with van der Waals surface area (Å²) in [6, 6.07) is 21.7. The highest BCUT2D eigenvalue weighted by Crippen LogP contribution is 2.34. The van der Waals surface area contributed by atoms with Gasteiger partial charge in [-0.3, -0.25) is 4.79 Å². The fourth-order valence-electron chi connectivity index (χ4n) is 3.02. The Hall–Kier alpha value is -3.92. The van der Waals surface area contributed by atoms with Crippen LogP contribution in [-0.2, 0) is 0 Å². The van der Waals surface area contributed by atoms with Crippen molar-refractivity contribution in [2.75, 3.05) is 0 Å². The van der Waals surface area contributed by atoms with Gasteiger partial charge >= 0.3 is 5.97 Å². The molecule has 0 radical (unpaired) electrons. The Kier molecular flexibility index (Phi) is 5.08. The van der Waals surface area contributed by atoms with E-state index in [0.29, 0.717) is 22.6 Å². The molecular formula is C25H18O4. The van der Waals surface area contributed by atoms with E-state index in [1.54, 1.807) is 42.5 Å². The van der Waals surface area contributed by atoms with Gasteiger partial charge in [-0.2, -0.15) is 0 Å². The van der Waals surface area contributed by atoms with Crippen LogP contribution in [0, 0.1) is 6.92 Å². The third-order valence-corrected chi connectivity index (χ3v) is 4.55. The van der Waals surface area contributed by atoms with Crippen LogP contribution >= 0.6 is 0 Å². The molecule has 4 nitrogen and oxygen atoms in total. The highest BCUT2D eigenvalue weighted by molar-refractivity contribution is 6.12. The number of allylic oxidation sites excluding steroid dienone is 3. The van der Waals surface area contributed by atoms with Gasteiger partial charge in [0.2, 0.25) is 5.78 Å². The molecule has 0 aromatic heterocycles. The van der Waals surface area contributed by atoms with E-state index in [-0.39, 0.29) is 11.5 Å². The number of fused-ring (bicyclic) bond motifs is 1. The van der Waals surface area contributed by atoms with Crippen molar-refractivity contribution >= 4 is 17.8 Å². The molecule has 0 saturated heterocycles. The molecule has 0 aliphatic carbocycles. The van der Waals surface area contributed by atoms with Crippen molar-refractivity contribution in [3.05, 3.63) is 113 Å². The lowest BCUT2D eigenvalue weighted by molar-refractivity contribution is 0.0733. The van der Waals surface area contributed by atoms with Crippen molar-refractivity contribution in [1.82, 2.24) is 0 Å². The van der Waals surface area contributed by atoms with Crippen molar-refractivity contribution < 1.29 is 19.1 Å². The van der Waals surface area contributed by atoms with Crippen LogP contribution in [0.15, 0.2) is 90.7 Å². The maximum absolute atomic E-state index is 12.5. The fraction of sp³-hybridized carbons (Fsp3) is 0.0400. The number of ketones is 1. The zero-order valence-corrected chi connectivity index (χ0v) is 15.8. The predicted molar refractivity (Wildman–Crippen MR) is 111 cm³/mol. The van der Waals surface area contributed by atoms with Crippen LogP contribution < -0.4 is 9.47 Å². The zero-order chi connectivity index (χ0) is 20.2. The third kappa shape index (κ3) is 4.01. The number of ether oxygens (including phenoxy) is 2. The Morgan fingerprint density at radius 1 is 0.966 bits per heavy atom. The maximum Gasteiger partial charge on any atom is 0.343 e. The Labute approximate surface area is 168 Å². The molecule has 1 heterocycles. The molecule has 0 spiro atoms. The first-order valence-corrected chi connectivity index (χ1v) is 9.19. The highest BCUT2D eigenvalue weighted by atomic mass is 16.5. The topological polar surface area (TPSA) is 52.6 Å². The Morgan fingerprint density at radius 3 is 2.52 bits per heavy atom. The Balaban J connectivity index is 1.50. The largest absolute Gasteiger partial charge is 0.452 e. The average Bonchev–Trinajstić information content (AvgIpc) is 3.04. The minimum Gasteiger partial charge on any atom is -0.452 e. The van der Waals surface area contributed by atoms with Gasteiger partial charge < -0.3 is 9.47 Å². The minimum absolute atomic E-state index is 0.200. The van der Waals surface area contributed by atoms with Crippen LogP contribution in [-0.4, -0.2) is 11.8 Å². The lowest BCUT2D eigenvalue weighted by atomic mass is 10.1. The van der Waals surface area contributed by atoms with Crippen LogP contribution in [0.1, 0.15) is 31.8 Å². The normalized spacial score (nSPS) is 14.1. The van der Waals surface area contributed by atoms with Crippen LogP contribution in [0.25, 0.3) is 6.08 Å². The van der Waals surface area contributed by atoms with Gasteiger partial charge in [0.05, 0.1) is 11.1 Å². The van der Waals surface area contributed by atoms with E-state index in [4.69, 9.17) is 9.47 Å². The molecule has 0 saturated carbocycles. The SMILES string of the molecule is Cc1ccccc1C(=O)Oc1ccc2c(c1)O/C(=C/C=C/c1ccccc1)C2=O. The first kappa shape index (κ1) is 18.4. The molecule has 0 bridgehead atoms. The number of esters is 1. The van der Waals surface area contributed by atoms with E-state index >= 15 is 0 Å². The summed E-state index contributed by atoms with van der Waals surface area (Å²) in [6.45, 7) is 1.85. The summed E-state index contributed by atoms with van der Waals surface area (Å²) in [5, 5.41) is 0. The molecule has 0 N–H and O–H groups in total. The second kappa shape index (κ2) is 7.98. The molecule has 29 heavy (non-hydrogen) atoms. The monoisotopic (exact) mass is 382 g/mol. The summed E-state index contributed by atoms with van der Waals surface area (Å²) in [5.41, 5.74) is 2.80. The molecule has 3 aromatic carbocycles. The molecule has 3 aromatic rings. The lowest BCUT2D eigenvalue weighted by Gasteiger charge is -2.07. The summed E-state index contributed by atoms with van der Waals surface area (Å²) in [5.74, 6) is 0.285. The molecule has 0 unspecified atom stereocenters. The van der Waals surface area contributed by atoms with Gasteiger partial charge in [-0.05, 0) is 42.3 Å². The van der Waals surface area contributed by atoms with E-state index in [1.165, 1.54) is 0 Å². The lowest BCUT2D eigenvalue weighted by Crippen LogP contribution is -2.10. The molecule has 0 fully saturated rings. The molecule has 4 heteroatoms. The van der Waals surface area contributed by atoms with Crippen LogP contribution in [0.5, 0.6) is 11.5 Å². The second-order valence-electron chi connectivity index (χ2n) is 6.59. The van der Waals surface area contributed by atoms with Gasteiger partial charge in [0.25, 0.3) is 0 Å². The first-order valence-electron chi connectivity index (χ1n) is 9.19. The number of hydrogen-bond donors (Lipinski definition) is 0. The Bertz CT molecular complexity index is 1140. The van der Waals surface area contributed by atoms with E-state index in [1.807, 2.05) is 55.5 Å². The number of carbonyl (C=O) groups excluding carboxylic acids is 2. The van der Waals surface area contributed by atoms with E-state index < -0.39 is 5.97 Å². The van der Waals surface area contributed by atoms with Crippen LogP contribution in [0.3, 0.4) is 0 Å². The number of aryl methyl sites for hydroxylation is 1. The van der Waals surface area contributed by atoms with Gasteiger partial charge in [-0.25, -0.2) is 4.79 Å². The summed E-state index contributed by atoms with van der Waals surface area (Å²) in [7, 11) is 0. The molecule has 1 aliphatic heterocycles. The standard InChI is InChI=1S/C25H18O4/c1-17-8-5-6-12-20(17)25(27)28-19-14-15-21-23(16-19)29-22(24(21)26)13-7-11-18-9-3-2-4-10-18/h2-16H,1H3/b11-7+,22-13+. The number of Topliss-reactive ketones (excluding diaryl/α,β-unsaturated/α-hetero) is 1. The van der Waals surface area contributed by atoms with Crippen molar-refractivity contribution in [2.24, 2.45) is 0 Å². The summed E-state index contributed by atoms with van der Waals surface area (Å²) in [6.07, 6.45) is 5.30. The van der Waals surface area contributed by atoms with E-state index in [0.717, 1.165) is 11.1 Å². The van der Waals surface area contributed by atoms with Gasteiger partial charge in [-0.15, -0.1) is 0 Å². The first-order chi connectivity index (χ1) is 14.1. The second-order valence-corrected chi connectivity index (χ2v) is 6.59. The van der Waals surface area contributed by atoms with Gasteiger partial charge in [0.15, 0.2) is 5.76 Å². The van der Waals surface area contributed by atoms with Crippen LogP contribution in [0.2, 0.25) is 0 Å². The maximum atomic E-state index is 12.5. The Morgan fingerprint density at radius 2 is 1.72 bits per heavy atom. The predicted octanol–water partition coefficient (Wildman–Crippen LogP) is 5.39. The van der Waals surface area contributed by atoms with Crippen molar-refractivity contribution in [3.63, 3.8) is 0 Å². The van der Waals surface area contributed by atoms with Crippen molar-refractivity contribution in [1.29, 1.82) is 0 Å². The van der Waals surface area contributed by atoms with Gasteiger partial charge in [-0.1, -0.05) is 60.7 Å². The number of rotatable bonds is 4. The van der Waals surface area contributed by atoms with Crippen LogP contribution in [0.4, 0.5) is 0 Å². The van der Waals surface area contributed by atoms with Gasteiger partial charge in [0.1, 0.15) is 11.5 Å². The summed E-state index contributed by atoms with van der Waals surface area (Å²) in [4.78, 5) is 24.9. The highest BCUT2D eigenvalue weighted by Gasteiger charge is 2.27. The van der Waals surface area contributed by atoms with E-state index in [9.17, 15) is 9.59 Å². The van der Waals surface area contributed by atoms with Gasteiger partial charge in [0, 0.05) is 6.07 Å². The summed E-state index contributed by atoms with van der Waals surface area (Å²) >= 11 is 0. The zero-order valence-electron chi connectivity index (χ0n) is 15.8. The molecule has 0 atom stereocenters. The molecule has 0 amide bonds. The number of hydrogen-bond acceptors (Lipinski definition) is 4. The third-order valence-electron chi connectivity index (χ3n) is 4.55. The average molecular weight is 382 g/mol. The van der Waals surface area contributed by atoms with Crippen molar-refractivity contribution in [3.8, 4) is 11.5 Å². The van der Waals surface area contributed by atoms with Crippen molar-refractivity contribution in [2.45, 2.75) is 6.92 Å². The molecule has 1 aliphatic rings.